The first-order valence-electron chi connectivity index (χ1n) is 4.47. The minimum absolute atomic E-state index is 0.0556. The molecule has 0 unspecified atom stereocenters. The SMILES string of the molecule is Cc1ccc(C)n1NC(=O)C(C)(C)Br. The molecule has 0 aliphatic heterocycles. The number of aryl methyl sites for hydroxylation is 2. The molecule has 0 bridgehead atoms. The van der Waals surface area contributed by atoms with Gasteiger partial charge in [0.25, 0.3) is 5.91 Å². The lowest BCUT2D eigenvalue weighted by molar-refractivity contribution is -0.118. The van der Waals surface area contributed by atoms with Gasteiger partial charge in [-0.15, -0.1) is 0 Å². The largest absolute Gasteiger partial charge is 0.272 e. The summed E-state index contributed by atoms with van der Waals surface area (Å²) < 4.78 is 1.24. The number of nitrogens with one attached hydrogen (secondary N) is 1. The number of alkyl halides is 1. The van der Waals surface area contributed by atoms with Crippen LogP contribution in [0.3, 0.4) is 0 Å². The molecule has 4 heteroatoms. The van der Waals surface area contributed by atoms with Crippen LogP contribution in [-0.2, 0) is 4.79 Å². The molecule has 0 fully saturated rings. The first kappa shape index (κ1) is 11.3. The van der Waals surface area contributed by atoms with Gasteiger partial charge in [0.05, 0.1) is 0 Å². The Morgan fingerprint density at radius 1 is 1.36 bits per heavy atom. The van der Waals surface area contributed by atoms with Crippen LogP contribution in [0.25, 0.3) is 0 Å². The van der Waals surface area contributed by atoms with Crippen LogP contribution < -0.4 is 5.43 Å². The van der Waals surface area contributed by atoms with Crippen LogP contribution in [0.1, 0.15) is 25.2 Å². The van der Waals surface area contributed by atoms with Crippen LogP contribution in [0.15, 0.2) is 12.1 Å². The molecule has 1 aromatic rings. The number of rotatable bonds is 2. The molecule has 0 atom stereocenters. The fraction of sp³-hybridized carbons (Fsp3) is 0.500. The first-order valence-corrected chi connectivity index (χ1v) is 5.27. The van der Waals surface area contributed by atoms with Crippen LogP contribution in [0.5, 0.6) is 0 Å². The molecular formula is C10H15BrN2O. The summed E-state index contributed by atoms with van der Waals surface area (Å²) in [5.74, 6) is -0.0556. The molecule has 3 nitrogen and oxygen atoms in total. The number of nitrogens with zero attached hydrogens (tertiary/aromatic N) is 1. The number of halogens is 1. The molecule has 0 aliphatic carbocycles. The molecule has 1 aromatic heterocycles. The van der Waals surface area contributed by atoms with Gasteiger partial charge >= 0.3 is 0 Å². The standard InChI is InChI=1S/C10H15BrN2O/c1-7-5-6-8(2)13(7)12-9(14)10(3,4)11/h5-6H,1-4H3,(H,12,14). The molecule has 14 heavy (non-hydrogen) atoms. The summed E-state index contributed by atoms with van der Waals surface area (Å²) in [4.78, 5) is 11.7. The third kappa shape index (κ3) is 2.38. The van der Waals surface area contributed by atoms with Crippen molar-refractivity contribution in [2.45, 2.75) is 32.0 Å². The van der Waals surface area contributed by atoms with Crippen molar-refractivity contribution in [1.82, 2.24) is 4.68 Å². The summed E-state index contributed by atoms with van der Waals surface area (Å²) in [5.41, 5.74) is 4.87. The normalized spacial score (nSPS) is 11.5. The van der Waals surface area contributed by atoms with E-state index in [1.54, 1.807) is 4.68 Å². The van der Waals surface area contributed by atoms with Crippen LogP contribution in [0.2, 0.25) is 0 Å². The lowest BCUT2D eigenvalue weighted by Gasteiger charge is -2.18. The first-order chi connectivity index (χ1) is 6.32. The molecule has 0 radical (unpaired) electrons. The maximum absolute atomic E-state index is 11.7. The highest BCUT2D eigenvalue weighted by Gasteiger charge is 2.24. The molecule has 0 aliphatic rings. The highest BCUT2D eigenvalue weighted by atomic mass is 79.9. The van der Waals surface area contributed by atoms with Gasteiger partial charge < -0.3 is 0 Å². The second-order valence-electron chi connectivity index (χ2n) is 3.86. The van der Waals surface area contributed by atoms with E-state index in [0.717, 1.165) is 11.4 Å². The van der Waals surface area contributed by atoms with E-state index >= 15 is 0 Å². The number of carbonyl (C=O) groups is 1. The van der Waals surface area contributed by atoms with Crippen LogP contribution in [-0.4, -0.2) is 14.9 Å². The van der Waals surface area contributed by atoms with E-state index in [9.17, 15) is 4.79 Å². The Balaban J connectivity index is 2.85. The van der Waals surface area contributed by atoms with E-state index in [0.29, 0.717) is 0 Å². The molecule has 0 saturated carbocycles. The lowest BCUT2D eigenvalue weighted by atomic mass is 10.2. The summed E-state index contributed by atoms with van der Waals surface area (Å²) in [6.45, 7) is 7.54. The van der Waals surface area contributed by atoms with Gasteiger partial charge in [-0.3, -0.25) is 14.9 Å². The number of hydrogen-bond donors (Lipinski definition) is 1. The zero-order valence-electron chi connectivity index (χ0n) is 8.89. The summed E-state index contributed by atoms with van der Waals surface area (Å²) in [5, 5.41) is 0. The lowest BCUT2D eigenvalue weighted by Crippen LogP contribution is -2.36. The van der Waals surface area contributed by atoms with Gasteiger partial charge in [0.15, 0.2) is 0 Å². The maximum atomic E-state index is 11.7. The van der Waals surface area contributed by atoms with E-state index in [4.69, 9.17) is 0 Å². The van der Waals surface area contributed by atoms with Crippen molar-refractivity contribution >= 4 is 21.8 Å². The maximum Gasteiger partial charge on any atom is 0.255 e. The summed E-state index contributed by atoms with van der Waals surface area (Å²) in [6, 6.07) is 3.94. The molecule has 78 valence electrons. The van der Waals surface area contributed by atoms with E-state index in [1.165, 1.54) is 0 Å². The number of hydrogen-bond acceptors (Lipinski definition) is 1. The third-order valence-corrected chi connectivity index (χ3v) is 2.38. The minimum atomic E-state index is -0.545. The zero-order chi connectivity index (χ0) is 10.9. The monoisotopic (exact) mass is 258 g/mol. The summed E-state index contributed by atoms with van der Waals surface area (Å²) >= 11 is 3.31. The smallest absolute Gasteiger partial charge is 0.255 e. The molecule has 1 heterocycles. The molecule has 1 rings (SSSR count). The van der Waals surface area contributed by atoms with E-state index in [-0.39, 0.29) is 5.91 Å². The van der Waals surface area contributed by atoms with Gasteiger partial charge in [0.1, 0.15) is 4.32 Å². The number of carbonyl (C=O) groups excluding carboxylic acids is 1. The zero-order valence-corrected chi connectivity index (χ0v) is 10.5. The molecular weight excluding hydrogens is 244 g/mol. The number of aromatic nitrogens is 1. The molecule has 0 saturated heterocycles. The Labute approximate surface area is 92.6 Å². The van der Waals surface area contributed by atoms with E-state index < -0.39 is 4.32 Å². The fourth-order valence-corrected chi connectivity index (χ4v) is 1.17. The number of amides is 1. The van der Waals surface area contributed by atoms with Gasteiger partial charge in [0, 0.05) is 11.4 Å². The van der Waals surface area contributed by atoms with Crippen LogP contribution >= 0.6 is 15.9 Å². The third-order valence-electron chi connectivity index (χ3n) is 2.02. The van der Waals surface area contributed by atoms with Crippen molar-refractivity contribution < 1.29 is 4.79 Å². The Kier molecular flexibility index (Phi) is 3.04. The van der Waals surface area contributed by atoms with Gasteiger partial charge in [-0.2, -0.15) is 0 Å². The van der Waals surface area contributed by atoms with Gasteiger partial charge in [0.2, 0.25) is 0 Å². The average Bonchev–Trinajstić information content (AvgIpc) is 2.34. The summed E-state index contributed by atoms with van der Waals surface area (Å²) in [7, 11) is 0. The topological polar surface area (TPSA) is 34.0 Å². The summed E-state index contributed by atoms with van der Waals surface area (Å²) in [6.07, 6.45) is 0. The minimum Gasteiger partial charge on any atom is -0.272 e. The Morgan fingerprint density at radius 3 is 2.14 bits per heavy atom. The van der Waals surface area contributed by atoms with Gasteiger partial charge in [-0.05, 0) is 39.8 Å². The highest BCUT2D eigenvalue weighted by molar-refractivity contribution is 9.10. The van der Waals surface area contributed by atoms with Crippen LogP contribution in [0.4, 0.5) is 0 Å². The molecule has 0 spiro atoms. The Morgan fingerprint density at radius 2 is 1.79 bits per heavy atom. The van der Waals surface area contributed by atoms with Crippen molar-refractivity contribution in [1.29, 1.82) is 0 Å². The molecule has 1 N–H and O–H groups in total. The second-order valence-corrected chi connectivity index (χ2v) is 5.85. The van der Waals surface area contributed by atoms with E-state index in [2.05, 4.69) is 21.4 Å². The van der Waals surface area contributed by atoms with E-state index in [1.807, 2.05) is 39.8 Å². The average molecular weight is 259 g/mol. The second kappa shape index (κ2) is 3.77. The van der Waals surface area contributed by atoms with Crippen molar-refractivity contribution in [3.8, 4) is 0 Å². The van der Waals surface area contributed by atoms with Gasteiger partial charge in [-0.25, -0.2) is 0 Å². The predicted molar refractivity (Wildman–Crippen MR) is 61.3 cm³/mol. The molecule has 1 amide bonds. The van der Waals surface area contributed by atoms with Crippen LogP contribution in [0, 0.1) is 13.8 Å². The van der Waals surface area contributed by atoms with Crippen molar-refractivity contribution in [2.24, 2.45) is 0 Å². The predicted octanol–water partition coefficient (Wildman–Crippen LogP) is 2.35. The quantitative estimate of drug-likeness (QED) is 0.813. The van der Waals surface area contributed by atoms with Crippen molar-refractivity contribution in [2.75, 3.05) is 5.43 Å². The highest BCUT2D eigenvalue weighted by Crippen LogP contribution is 2.16. The fourth-order valence-electron chi connectivity index (χ4n) is 1.08. The Hall–Kier alpha value is -0.770. The van der Waals surface area contributed by atoms with Gasteiger partial charge in [-0.1, -0.05) is 15.9 Å². The molecule has 0 aromatic carbocycles. The Bertz CT molecular complexity index is 330. The van der Waals surface area contributed by atoms with Crippen molar-refractivity contribution in [3.63, 3.8) is 0 Å². The van der Waals surface area contributed by atoms with Crippen molar-refractivity contribution in [3.05, 3.63) is 23.5 Å².